The van der Waals surface area contributed by atoms with Gasteiger partial charge >= 0.3 is 6.03 Å². The van der Waals surface area contributed by atoms with Gasteiger partial charge in [-0.15, -0.1) is 0 Å². The Morgan fingerprint density at radius 3 is 2.47 bits per heavy atom. The predicted octanol–water partition coefficient (Wildman–Crippen LogP) is 3.64. The molecule has 2 aromatic carbocycles. The van der Waals surface area contributed by atoms with E-state index in [1.807, 2.05) is 43.3 Å². The van der Waals surface area contributed by atoms with Crippen molar-refractivity contribution in [2.45, 2.75) is 56.0 Å². The van der Waals surface area contributed by atoms with E-state index in [1.165, 1.54) is 6.42 Å². The number of fused-ring (bicyclic) bond motifs is 1. The Balaban J connectivity index is 1.41. The molecule has 1 aliphatic carbocycles. The lowest BCUT2D eigenvalue weighted by molar-refractivity contribution is 0.238. The van der Waals surface area contributed by atoms with E-state index in [0.717, 1.165) is 48.2 Å². The second-order valence-corrected chi connectivity index (χ2v) is 10.6. The zero-order valence-corrected chi connectivity index (χ0v) is 19.6. The zero-order chi connectivity index (χ0) is 22.7. The van der Waals surface area contributed by atoms with Crippen molar-refractivity contribution in [3.63, 3.8) is 0 Å². The molecule has 0 unspecified atom stereocenters. The number of sulfonamides is 1. The maximum Gasteiger partial charge on any atom is 0.322 e. The summed E-state index contributed by atoms with van der Waals surface area (Å²) >= 11 is 0. The molecule has 0 aromatic heterocycles. The van der Waals surface area contributed by atoms with Gasteiger partial charge in [-0.3, -0.25) is 4.90 Å². The first-order chi connectivity index (χ1) is 15.3. The monoisotopic (exact) mass is 456 g/mol. The summed E-state index contributed by atoms with van der Waals surface area (Å²) in [5.41, 5.74) is 3.65. The van der Waals surface area contributed by atoms with Crippen LogP contribution in [0.2, 0.25) is 0 Å². The smallest absolute Gasteiger partial charge is 0.322 e. The van der Waals surface area contributed by atoms with Gasteiger partial charge in [-0.1, -0.05) is 31.4 Å². The van der Waals surface area contributed by atoms with Gasteiger partial charge in [-0.2, -0.15) is 0 Å². The molecule has 0 saturated heterocycles. The molecule has 1 aliphatic heterocycles. The highest BCUT2D eigenvalue weighted by molar-refractivity contribution is 7.89. The van der Waals surface area contributed by atoms with Gasteiger partial charge in [0.05, 0.1) is 4.90 Å². The molecule has 172 valence electrons. The number of hydrogen-bond donors (Lipinski definition) is 2. The zero-order valence-electron chi connectivity index (χ0n) is 18.8. The molecule has 1 fully saturated rings. The molecule has 1 heterocycles. The van der Waals surface area contributed by atoms with Crippen LogP contribution in [0.25, 0.3) is 0 Å². The van der Waals surface area contributed by atoms with Gasteiger partial charge < -0.3 is 10.2 Å². The van der Waals surface area contributed by atoms with E-state index in [-0.39, 0.29) is 23.5 Å². The summed E-state index contributed by atoms with van der Waals surface area (Å²) in [5, 5.41) is 3.15. The molecule has 2 amide bonds. The average Bonchev–Trinajstić information content (AvgIpc) is 3.22. The van der Waals surface area contributed by atoms with Gasteiger partial charge in [-0.05, 0) is 60.7 Å². The van der Waals surface area contributed by atoms with Crippen LogP contribution in [0.4, 0.5) is 16.2 Å². The van der Waals surface area contributed by atoms with Crippen molar-refractivity contribution in [2.24, 2.45) is 0 Å². The number of hydrogen-bond acceptors (Lipinski definition) is 4. The second kappa shape index (κ2) is 9.50. The molecule has 32 heavy (non-hydrogen) atoms. The maximum absolute atomic E-state index is 12.8. The van der Waals surface area contributed by atoms with Crippen LogP contribution in [0, 0.1) is 0 Å². The van der Waals surface area contributed by atoms with Gasteiger partial charge in [0.2, 0.25) is 10.0 Å². The normalized spacial score (nSPS) is 16.6. The van der Waals surface area contributed by atoms with Crippen LogP contribution in [-0.2, 0) is 23.0 Å². The fourth-order valence-electron chi connectivity index (χ4n) is 4.43. The third-order valence-corrected chi connectivity index (χ3v) is 7.75. The lowest BCUT2D eigenvalue weighted by Crippen LogP contribution is -2.45. The molecular formula is C24H32N4O3S. The van der Waals surface area contributed by atoms with Crippen molar-refractivity contribution in [3.8, 4) is 0 Å². The number of amides is 2. The van der Waals surface area contributed by atoms with E-state index >= 15 is 0 Å². The topological polar surface area (TPSA) is 81.8 Å². The van der Waals surface area contributed by atoms with E-state index in [2.05, 4.69) is 10.0 Å². The summed E-state index contributed by atoms with van der Waals surface area (Å²) < 4.78 is 28.4. The third-order valence-electron chi connectivity index (χ3n) is 6.35. The summed E-state index contributed by atoms with van der Waals surface area (Å²) in [5.74, 6) is 0. The fourth-order valence-corrected chi connectivity index (χ4v) is 5.50. The first-order valence-electron chi connectivity index (χ1n) is 11.3. The van der Waals surface area contributed by atoms with Crippen LogP contribution in [0.1, 0.15) is 43.2 Å². The molecule has 0 bridgehead atoms. The standard InChI is InChI=1S/C24H32N4O3S/c1-27(2)21-10-8-18(9-11-21)17-25-32(30,31)22-12-13-23-19(16-22)14-15-28(23)24(29)26-20-6-4-3-5-7-20/h8-13,16,20,25H,3-7,14-15,17H2,1-2H3,(H,26,29). The summed E-state index contributed by atoms with van der Waals surface area (Å²) in [6.45, 7) is 0.798. The van der Waals surface area contributed by atoms with Crippen LogP contribution in [-0.4, -0.2) is 41.1 Å². The quantitative estimate of drug-likeness (QED) is 0.695. The Kier molecular flexibility index (Phi) is 6.71. The van der Waals surface area contributed by atoms with Crippen molar-refractivity contribution in [3.05, 3.63) is 53.6 Å². The fraction of sp³-hybridized carbons (Fsp3) is 0.458. The maximum atomic E-state index is 12.8. The number of anilines is 2. The Morgan fingerprint density at radius 2 is 1.78 bits per heavy atom. The van der Waals surface area contributed by atoms with Gasteiger partial charge in [0.25, 0.3) is 0 Å². The van der Waals surface area contributed by atoms with Crippen LogP contribution in [0.3, 0.4) is 0 Å². The molecule has 2 N–H and O–H groups in total. The molecule has 7 nitrogen and oxygen atoms in total. The summed E-state index contributed by atoms with van der Waals surface area (Å²) in [4.78, 5) is 16.7. The minimum absolute atomic E-state index is 0.0782. The third kappa shape index (κ3) is 5.07. The summed E-state index contributed by atoms with van der Waals surface area (Å²) in [7, 11) is 0.283. The van der Waals surface area contributed by atoms with E-state index < -0.39 is 10.0 Å². The minimum atomic E-state index is -3.65. The average molecular weight is 457 g/mol. The van der Waals surface area contributed by atoms with Crippen LogP contribution in [0.5, 0.6) is 0 Å². The number of nitrogens with zero attached hydrogens (tertiary/aromatic N) is 2. The highest BCUT2D eigenvalue weighted by Crippen LogP contribution is 2.30. The van der Waals surface area contributed by atoms with Gasteiger partial charge in [-0.25, -0.2) is 17.9 Å². The second-order valence-electron chi connectivity index (χ2n) is 8.86. The van der Waals surface area contributed by atoms with Crippen molar-refractivity contribution < 1.29 is 13.2 Å². The first kappa shape index (κ1) is 22.6. The SMILES string of the molecule is CN(C)c1ccc(CNS(=O)(=O)c2ccc3c(c2)CCN3C(=O)NC2CCCCC2)cc1. The lowest BCUT2D eigenvalue weighted by Gasteiger charge is -2.26. The molecule has 2 aliphatic rings. The molecule has 0 radical (unpaired) electrons. The molecule has 1 saturated carbocycles. The van der Waals surface area contributed by atoms with Crippen molar-refractivity contribution in [1.29, 1.82) is 0 Å². The Bertz CT molecular complexity index is 1060. The minimum Gasteiger partial charge on any atom is -0.378 e. The van der Waals surface area contributed by atoms with Gasteiger partial charge in [0, 0.05) is 44.6 Å². The van der Waals surface area contributed by atoms with E-state index in [9.17, 15) is 13.2 Å². The van der Waals surface area contributed by atoms with E-state index in [1.54, 1.807) is 23.1 Å². The summed E-state index contributed by atoms with van der Waals surface area (Å²) in [6, 6.07) is 13.0. The van der Waals surface area contributed by atoms with Crippen molar-refractivity contribution in [1.82, 2.24) is 10.0 Å². The summed E-state index contributed by atoms with van der Waals surface area (Å²) in [6.07, 6.45) is 6.29. The molecular weight excluding hydrogens is 424 g/mol. The van der Waals surface area contributed by atoms with Crippen LogP contribution >= 0.6 is 0 Å². The number of urea groups is 1. The molecule has 2 aromatic rings. The lowest BCUT2D eigenvalue weighted by atomic mass is 9.96. The Hall–Kier alpha value is -2.58. The Labute approximate surface area is 190 Å². The molecule has 0 spiro atoms. The molecule has 8 heteroatoms. The molecule has 0 atom stereocenters. The molecule has 4 rings (SSSR count). The predicted molar refractivity (Wildman–Crippen MR) is 128 cm³/mol. The number of rotatable bonds is 6. The Morgan fingerprint density at radius 1 is 1.06 bits per heavy atom. The van der Waals surface area contributed by atoms with Gasteiger partial charge in [0.1, 0.15) is 0 Å². The van der Waals surface area contributed by atoms with E-state index in [0.29, 0.717) is 13.0 Å². The largest absolute Gasteiger partial charge is 0.378 e. The number of nitrogens with one attached hydrogen (secondary N) is 2. The van der Waals surface area contributed by atoms with Crippen LogP contribution in [0.15, 0.2) is 47.4 Å². The first-order valence-corrected chi connectivity index (χ1v) is 12.8. The van der Waals surface area contributed by atoms with Crippen LogP contribution < -0.4 is 19.8 Å². The van der Waals surface area contributed by atoms with E-state index in [4.69, 9.17) is 0 Å². The highest BCUT2D eigenvalue weighted by atomic mass is 32.2. The van der Waals surface area contributed by atoms with Crippen molar-refractivity contribution in [2.75, 3.05) is 30.4 Å². The number of carbonyl (C=O) groups excluding carboxylic acids is 1. The van der Waals surface area contributed by atoms with Gasteiger partial charge in [0.15, 0.2) is 0 Å². The highest BCUT2D eigenvalue weighted by Gasteiger charge is 2.28. The van der Waals surface area contributed by atoms with Crippen molar-refractivity contribution >= 4 is 27.4 Å². The number of benzene rings is 2. The number of carbonyl (C=O) groups is 1.